The molecule has 1 aliphatic rings. The average Bonchev–Trinajstić information content (AvgIpc) is 0.843. The molecule has 0 radical (unpaired) electrons. The van der Waals surface area contributed by atoms with Gasteiger partial charge in [0.25, 0.3) is 0 Å². The van der Waals surface area contributed by atoms with Crippen molar-refractivity contribution in [2.45, 2.75) is 292 Å². The van der Waals surface area contributed by atoms with Crippen molar-refractivity contribution in [3.05, 3.63) is 179 Å². The second-order valence-corrected chi connectivity index (χ2v) is 38.4. The molecular weight excluding hydrogens is 1920 g/mol. The van der Waals surface area contributed by atoms with Crippen LogP contribution < -0.4 is 142 Å². The zero-order valence-corrected chi connectivity index (χ0v) is 87.2. The molecule has 5 aromatic rings. The molecule has 6 rings (SSSR count). The fourth-order valence-electron chi connectivity index (χ4n) is 16.8. The van der Waals surface area contributed by atoms with E-state index in [1.807, 2.05) is 0 Å². The summed E-state index contributed by atoms with van der Waals surface area (Å²) in [6.07, 6.45) is 3.76. The van der Waals surface area contributed by atoms with Gasteiger partial charge in [0.1, 0.15) is 84.6 Å². The number of hydrogen-bond donors (Lipinski definition) is 28. The van der Waals surface area contributed by atoms with Crippen LogP contribution in [0.3, 0.4) is 0 Å². The van der Waals surface area contributed by atoms with Gasteiger partial charge in [0.15, 0.2) is 11.9 Å². The van der Waals surface area contributed by atoms with Crippen molar-refractivity contribution in [1.82, 2.24) is 95.7 Å². The van der Waals surface area contributed by atoms with Gasteiger partial charge >= 0.3 is 0 Å². The molecule has 43 heteroatoms. The molecule has 43 nitrogen and oxygen atoms in total. The second kappa shape index (κ2) is 70.8. The van der Waals surface area contributed by atoms with E-state index < -0.39 is 191 Å². The number of amides is 15. The molecule has 0 unspecified atom stereocenters. The quantitative estimate of drug-likeness (QED) is 0.00930. The Kier molecular flexibility index (Phi) is 58.8. The van der Waals surface area contributed by atoms with E-state index in [1.165, 1.54) is 0 Å². The van der Waals surface area contributed by atoms with Crippen molar-refractivity contribution in [2.75, 3.05) is 65.4 Å². The zero-order chi connectivity index (χ0) is 109. The normalized spacial score (nSPS) is 17.7. The van der Waals surface area contributed by atoms with Gasteiger partial charge < -0.3 is 142 Å². The molecule has 36 N–H and O–H groups in total. The Morgan fingerprint density at radius 2 is 0.673 bits per heavy atom. The minimum absolute atomic E-state index is 0.0102. The predicted octanol–water partition coefficient (Wildman–Crippen LogP) is -1.31. The van der Waals surface area contributed by atoms with E-state index in [0.29, 0.717) is 112 Å². The number of unbranched alkanes of at least 4 members (excludes halogenated alkanes) is 4. The van der Waals surface area contributed by atoms with Gasteiger partial charge in [-0.1, -0.05) is 191 Å². The van der Waals surface area contributed by atoms with E-state index >= 15 is 43.2 Å². The van der Waals surface area contributed by atoms with Crippen molar-refractivity contribution < 1.29 is 71.9 Å². The molecule has 1 aliphatic heterocycles. The third kappa shape index (κ3) is 48.5. The third-order valence-corrected chi connectivity index (χ3v) is 25.4. The Labute approximate surface area is 880 Å². The van der Waals surface area contributed by atoms with Gasteiger partial charge in [-0.2, -0.15) is 0 Å². The largest absolute Gasteiger partial charge is 0.370 e. The minimum atomic E-state index is -1.56. The highest BCUT2D eigenvalue weighted by molar-refractivity contribution is 6.01. The topological polar surface area (TPSA) is 728 Å². The number of nitrogens with two attached hydrogens (primary N) is 8. The van der Waals surface area contributed by atoms with E-state index in [1.54, 1.807) is 179 Å². The van der Waals surface area contributed by atoms with Gasteiger partial charge in [-0.05, 0) is 220 Å². The molecule has 0 spiro atoms. The Morgan fingerprint density at radius 3 is 1.05 bits per heavy atom. The summed E-state index contributed by atoms with van der Waals surface area (Å²) in [5, 5.41) is 67.4. The first-order valence-corrected chi connectivity index (χ1v) is 52.4. The van der Waals surface area contributed by atoms with Gasteiger partial charge in [-0.15, -0.1) is 0 Å². The lowest BCUT2D eigenvalue weighted by Gasteiger charge is -2.29. The molecule has 15 amide bonds. The van der Waals surface area contributed by atoms with E-state index in [4.69, 9.17) is 56.7 Å². The van der Waals surface area contributed by atoms with Crippen LogP contribution in [0, 0.1) is 34.5 Å². The molecule has 0 fully saturated rings. The number of hydrogen-bond acceptors (Lipinski definition) is 24. The number of carbonyl (C=O) groups is 15. The van der Waals surface area contributed by atoms with Crippen LogP contribution in [-0.4, -0.2) is 257 Å². The summed E-state index contributed by atoms with van der Waals surface area (Å²) in [6.45, 7) is 9.35. The van der Waals surface area contributed by atoms with Crippen molar-refractivity contribution in [2.24, 2.45) is 57.7 Å². The maximum Gasteiger partial charge on any atom is 0.243 e. The van der Waals surface area contributed by atoms with Crippen LogP contribution >= 0.6 is 0 Å². The van der Waals surface area contributed by atoms with Gasteiger partial charge in [0, 0.05) is 45.2 Å². The average molecular weight is 2080 g/mol. The van der Waals surface area contributed by atoms with Crippen LogP contribution in [-0.2, 0) is 104 Å². The van der Waals surface area contributed by atoms with Gasteiger partial charge in [0.2, 0.25) is 88.6 Å². The first kappa shape index (κ1) is 125. The molecule has 822 valence electrons. The maximum absolute atomic E-state index is 15.7. The Bertz CT molecular complexity index is 5090. The summed E-state index contributed by atoms with van der Waals surface area (Å²) in [5.74, 6) is -7.39. The zero-order valence-electron chi connectivity index (χ0n) is 87.2. The number of carbonyl (C=O) groups excluding carboxylic acids is 15. The SMILES string of the molecule is CC(C)[C@H](N)C(=O)N[C@H]1CCCCNCC#CCNCCCC[C@@H](C(=O)N[C@@H](Cc2ccccc2)C(=O)N[C@@H](Cc2ccccc2)C(=O)N[C@@H](CCCNC(=N)N)C(=O)N[C@@H](CCCCN)C(=O)N[C@@H](Cc2ccccc2)C(=O)N[C@@H](CCCCN)C(=O)N[C@@H](CCCCN)C(=O)N[C@@H](Cc2ccccc2)C(=O)N[C@H](C(N)=O)C(C)C)NC(=O)[C@H](CCCCN)NC(=O)[C@H](Cc2ccccc2)NC(=O)[C@H](CCCNC(=N)N)NC1=O. The van der Waals surface area contributed by atoms with Crippen LogP contribution in [0.1, 0.15) is 197 Å². The fourth-order valence-corrected chi connectivity index (χ4v) is 16.8. The van der Waals surface area contributed by atoms with Gasteiger partial charge in [-0.25, -0.2) is 0 Å². The number of benzene rings is 5. The van der Waals surface area contributed by atoms with Crippen molar-refractivity contribution in [3.63, 3.8) is 0 Å². The summed E-state index contributed by atoms with van der Waals surface area (Å²) in [6, 6.07) is 23.0. The monoisotopic (exact) mass is 2080 g/mol. The molecule has 150 heavy (non-hydrogen) atoms. The molecule has 0 aromatic heterocycles. The van der Waals surface area contributed by atoms with Crippen molar-refractivity contribution in [1.29, 1.82) is 10.8 Å². The molecule has 0 saturated carbocycles. The van der Waals surface area contributed by atoms with E-state index in [-0.39, 0.29) is 167 Å². The fraction of sp³-hybridized carbons (Fsp3) is 0.542. The first-order valence-electron chi connectivity index (χ1n) is 52.4. The minimum Gasteiger partial charge on any atom is -0.370 e. The summed E-state index contributed by atoms with van der Waals surface area (Å²) >= 11 is 0. The first-order chi connectivity index (χ1) is 72.1. The third-order valence-electron chi connectivity index (χ3n) is 25.4. The maximum atomic E-state index is 15.7. The lowest BCUT2D eigenvalue weighted by molar-refractivity contribution is -0.136. The number of nitrogens with one attached hydrogen (secondary N) is 20. The van der Waals surface area contributed by atoms with Crippen LogP contribution in [0.5, 0.6) is 0 Å². The molecule has 1 heterocycles. The lowest BCUT2D eigenvalue weighted by atomic mass is 10.00. The van der Waals surface area contributed by atoms with Gasteiger partial charge in [0.05, 0.1) is 19.1 Å². The van der Waals surface area contributed by atoms with Crippen LogP contribution in [0.25, 0.3) is 0 Å². The van der Waals surface area contributed by atoms with E-state index in [0.717, 1.165) is 0 Å². The summed E-state index contributed by atoms with van der Waals surface area (Å²) in [7, 11) is 0. The van der Waals surface area contributed by atoms with Crippen LogP contribution in [0.4, 0.5) is 0 Å². The summed E-state index contributed by atoms with van der Waals surface area (Å²) in [4.78, 5) is 223. The molecule has 15 atom stereocenters. The van der Waals surface area contributed by atoms with Crippen molar-refractivity contribution in [3.8, 4) is 11.8 Å². The Balaban J connectivity index is 1.36. The molecule has 5 aromatic carbocycles. The van der Waals surface area contributed by atoms with Gasteiger partial charge in [-0.3, -0.25) is 82.7 Å². The van der Waals surface area contributed by atoms with E-state index in [2.05, 4.69) is 108 Å². The molecule has 0 aliphatic carbocycles. The molecule has 0 bridgehead atoms. The molecular formula is C107H164N28O15. The smallest absolute Gasteiger partial charge is 0.243 e. The highest BCUT2D eigenvalue weighted by Crippen LogP contribution is 2.19. The number of guanidine groups is 2. The highest BCUT2D eigenvalue weighted by Gasteiger charge is 2.40. The standard InChI is InChI=1S/C107H164N28O15/c1-69(2)89(112)105(150)129-81-51-25-31-59-119-61-33-32-60-118-58-30-24-50-80(124-93(138)77(47-21-27-55-109)127-101(146)85(65-72-38-12-6-13-39-72)131-99(144)83(125-94(81)139)53-35-63-121-107(116)117)98(143)132-87(67-74-42-16-8-17-43-74)103(148)134-86(66-73-40-14-7-15-41-73)102(147)128-82(52-34-62-120-106(114)115)95(140)123-78(48-22-28-56-110)96(141)130-84(64-71-36-10-5-11-37-71)100(145)126-76(46-20-26-54-108)92(137)122-79(49-23-29-57-111)97(142)133-88(68-75-44-18-9-19-45-75)104(149)135-90(70(3)4)91(113)136/h5-19,36-45,69-70,76-90,118-119H,20-31,34-35,46-68,108-112H2,1-4H3,(H2,113,136)(H,122,137)(H,123,140)(H,124,138)(H,125,139)(H,126,145)(H,127,146)(H,128,147)(H,129,150)(H,130,141)(H,131,144)(H,132,143)(H,133,142)(H,134,148)(H,135,149)(H4,114,115,120)(H4,116,117,121)/t76-,77-,78-,79-,80-,81-,82-,83-,84-,85-,86-,87-,88-,89-,90-/m0/s1. The number of rotatable bonds is 57. The van der Waals surface area contributed by atoms with Crippen LogP contribution in [0.15, 0.2) is 152 Å². The predicted molar refractivity (Wildman–Crippen MR) is 576 cm³/mol. The lowest BCUT2D eigenvalue weighted by Crippen LogP contribution is -2.61. The van der Waals surface area contributed by atoms with Crippen LogP contribution in [0.2, 0.25) is 0 Å². The number of primary amides is 1. The van der Waals surface area contributed by atoms with Crippen molar-refractivity contribution >= 4 is 101 Å². The summed E-state index contributed by atoms with van der Waals surface area (Å²) < 4.78 is 0. The Morgan fingerprint density at radius 1 is 0.353 bits per heavy atom. The second-order valence-electron chi connectivity index (χ2n) is 38.4. The summed E-state index contributed by atoms with van der Waals surface area (Å²) in [5.41, 5.74) is 50.3. The molecule has 0 saturated heterocycles. The highest BCUT2D eigenvalue weighted by atomic mass is 16.2. The van der Waals surface area contributed by atoms with E-state index in [9.17, 15) is 28.8 Å². The Hall–Kier alpha value is -14.0.